The second kappa shape index (κ2) is 9.46. The number of benzene rings is 1. The molecule has 4 nitrogen and oxygen atoms in total. The minimum Gasteiger partial charge on any atom is -0.356 e. The largest absolute Gasteiger partial charge is 0.356 e. The van der Waals surface area contributed by atoms with Gasteiger partial charge in [-0.05, 0) is 42.7 Å². The zero-order valence-electron chi connectivity index (χ0n) is 14.3. The van der Waals surface area contributed by atoms with Crippen LogP contribution in [0.25, 0.3) is 10.6 Å². The molecule has 0 saturated heterocycles. The second-order valence-corrected chi connectivity index (χ2v) is 7.25. The molecule has 0 bridgehead atoms. The molecule has 1 aromatic carbocycles. The number of aromatic nitrogens is 2. The Morgan fingerprint density at radius 1 is 1.08 bits per heavy atom. The standard InChI is InChI=1S/C20H20ClN3OS/c21-17-6-4-15(5-7-17)2-1-3-19(25)23-13-10-18-14-26-20(24-18)16-8-11-22-12-9-16/h4-9,11-12,14H,1-3,10,13H2,(H,23,25). The summed E-state index contributed by atoms with van der Waals surface area (Å²) in [7, 11) is 0. The van der Waals surface area contributed by atoms with Crippen molar-refractivity contribution in [3.8, 4) is 10.6 Å². The Morgan fingerprint density at radius 3 is 2.62 bits per heavy atom. The number of hydrogen-bond acceptors (Lipinski definition) is 4. The predicted octanol–water partition coefficient (Wildman–Crippen LogP) is 4.54. The monoisotopic (exact) mass is 385 g/mol. The fraction of sp³-hybridized carbons (Fsp3) is 0.250. The highest BCUT2D eigenvalue weighted by atomic mass is 35.5. The van der Waals surface area contributed by atoms with Gasteiger partial charge in [-0.25, -0.2) is 4.98 Å². The first-order chi connectivity index (χ1) is 12.7. The lowest BCUT2D eigenvalue weighted by Gasteiger charge is -2.04. The zero-order chi connectivity index (χ0) is 18.2. The molecular formula is C20H20ClN3OS. The van der Waals surface area contributed by atoms with Gasteiger partial charge in [0.2, 0.25) is 5.91 Å². The molecule has 0 atom stereocenters. The predicted molar refractivity (Wildman–Crippen MR) is 106 cm³/mol. The molecule has 0 aliphatic heterocycles. The molecule has 134 valence electrons. The molecule has 1 amide bonds. The molecule has 0 aliphatic rings. The van der Waals surface area contributed by atoms with Gasteiger partial charge >= 0.3 is 0 Å². The Kier molecular flexibility index (Phi) is 6.75. The third-order valence-electron chi connectivity index (χ3n) is 3.96. The molecule has 0 unspecified atom stereocenters. The Bertz CT molecular complexity index is 834. The van der Waals surface area contributed by atoms with Gasteiger partial charge in [0.15, 0.2) is 0 Å². The fourth-order valence-corrected chi connectivity index (χ4v) is 3.56. The lowest BCUT2D eigenvalue weighted by Crippen LogP contribution is -2.25. The summed E-state index contributed by atoms with van der Waals surface area (Å²) in [6.07, 6.45) is 6.51. The van der Waals surface area contributed by atoms with Crippen molar-refractivity contribution < 1.29 is 4.79 Å². The van der Waals surface area contributed by atoms with Crippen LogP contribution in [0.3, 0.4) is 0 Å². The molecule has 0 fully saturated rings. The maximum Gasteiger partial charge on any atom is 0.220 e. The maximum atomic E-state index is 11.9. The van der Waals surface area contributed by atoms with Crippen molar-refractivity contribution >= 4 is 28.8 Å². The molecule has 0 spiro atoms. The summed E-state index contributed by atoms with van der Waals surface area (Å²) in [6.45, 7) is 0.610. The number of nitrogens with zero attached hydrogens (tertiary/aromatic N) is 2. The number of hydrogen-bond donors (Lipinski definition) is 1. The number of halogens is 1. The summed E-state index contributed by atoms with van der Waals surface area (Å²) >= 11 is 7.48. The van der Waals surface area contributed by atoms with E-state index in [0.29, 0.717) is 13.0 Å². The van der Waals surface area contributed by atoms with Crippen LogP contribution in [0.1, 0.15) is 24.1 Å². The average molecular weight is 386 g/mol. The van der Waals surface area contributed by atoms with Gasteiger partial charge in [0.1, 0.15) is 5.01 Å². The number of thiazole rings is 1. The van der Waals surface area contributed by atoms with Gasteiger partial charge in [0, 0.05) is 47.7 Å². The van der Waals surface area contributed by atoms with Gasteiger partial charge < -0.3 is 5.32 Å². The van der Waals surface area contributed by atoms with E-state index >= 15 is 0 Å². The van der Waals surface area contributed by atoms with Crippen molar-refractivity contribution in [2.75, 3.05) is 6.54 Å². The summed E-state index contributed by atoms with van der Waals surface area (Å²) in [5, 5.41) is 6.73. The van der Waals surface area contributed by atoms with E-state index in [1.54, 1.807) is 23.7 Å². The van der Waals surface area contributed by atoms with Gasteiger partial charge in [-0.2, -0.15) is 0 Å². The van der Waals surface area contributed by atoms with Gasteiger partial charge in [-0.1, -0.05) is 23.7 Å². The summed E-state index contributed by atoms with van der Waals surface area (Å²) < 4.78 is 0. The first kappa shape index (κ1) is 18.5. The quantitative estimate of drug-likeness (QED) is 0.619. The van der Waals surface area contributed by atoms with E-state index in [1.807, 2.05) is 41.8 Å². The van der Waals surface area contributed by atoms with E-state index in [0.717, 1.165) is 40.6 Å². The summed E-state index contributed by atoms with van der Waals surface area (Å²) in [5.41, 5.74) is 3.28. The number of carbonyl (C=O) groups excluding carboxylic acids is 1. The third kappa shape index (κ3) is 5.64. The van der Waals surface area contributed by atoms with Crippen LogP contribution in [0.15, 0.2) is 54.2 Å². The highest BCUT2D eigenvalue weighted by Gasteiger charge is 2.06. The molecule has 2 aromatic heterocycles. The molecule has 6 heteroatoms. The average Bonchev–Trinajstić information content (AvgIpc) is 3.13. The normalized spacial score (nSPS) is 10.7. The van der Waals surface area contributed by atoms with Gasteiger partial charge in [-0.3, -0.25) is 9.78 Å². The topological polar surface area (TPSA) is 54.9 Å². The summed E-state index contributed by atoms with van der Waals surface area (Å²) in [5.74, 6) is 0.0866. The Hall–Kier alpha value is -2.24. The Morgan fingerprint density at radius 2 is 1.85 bits per heavy atom. The van der Waals surface area contributed by atoms with Crippen LogP contribution in [0.2, 0.25) is 5.02 Å². The molecule has 2 heterocycles. The summed E-state index contributed by atoms with van der Waals surface area (Å²) in [6, 6.07) is 11.7. The van der Waals surface area contributed by atoms with E-state index in [4.69, 9.17) is 11.6 Å². The lowest BCUT2D eigenvalue weighted by molar-refractivity contribution is -0.121. The Balaban J connectivity index is 1.36. The molecule has 0 saturated carbocycles. The van der Waals surface area contributed by atoms with Crippen LogP contribution in [-0.2, 0) is 17.6 Å². The van der Waals surface area contributed by atoms with Crippen LogP contribution in [0.4, 0.5) is 0 Å². The van der Waals surface area contributed by atoms with E-state index in [2.05, 4.69) is 15.3 Å². The number of rotatable bonds is 8. The van der Waals surface area contributed by atoms with E-state index in [-0.39, 0.29) is 5.91 Å². The van der Waals surface area contributed by atoms with Crippen LogP contribution in [0.5, 0.6) is 0 Å². The van der Waals surface area contributed by atoms with E-state index < -0.39 is 0 Å². The van der Waals surface area contributed by atoms with E-state index in [1.165, 1.54) is 5.56 Å². The number of pyridine rings is 1. The first-order valence-corrected chi connectivity index (χ1v) is 9.82. The zero-order valence-corrected chi connectivity index (χ0v) is 15.9. The van der Waals surface area contributed by atoms with Crippen molar-refractivity contribution in [2.45, 2.75) is 25.7 Å². The van der Waals surface area contributed by atoms with Gasteiger partial charge in [0.05, 0.1) is 5.69 Å². The van der Waals surface area contributed by atoms with Crippen molar-refractivity contribution in [1.29, 1.82) is 0 Å². The number of nitrogens with one attached hydrogen (secondary N) is 1. The van der Waals surface area contributed by atoms with Gasteiger partial charge in [0.25, 0.3) is 0 Å². The fourth-order valence-electron chi connectivity index (χ4n) is 2.57. The number of carbonyl (C=O) groups is 1. The Labute approximate surface area is 162 Å². The summed E-state index contributed by atoms with van der Waals surface area (Å²) in [4.78, 5) is 20.6. The number of amides is 1. The third-order valence-corrected chi connectivity index (χ3v) is 5.16. The highest BCUT2D eigenvalue weighted by Crippen LogP contribution is 2.22. The SMILES string of the molecule is O=C(CCCc1ccc(Cl)cc1)NCCc1csc(-c2ccncc2)n1. The molecule has 26 heavy (non-hydrogen) atoms. The van der Waals surface area contributed by atoms with Gasteiger partial charge in [-0.15, -0.1) is 11.3 Å². The van der Waals surface area contributed by atoms with Crippen LogP contribution in [0, 0.1) is 0 Å². The molecular weight excluding hydrogens is 366 g/mol. The second-order valence-electron chi connectivity index (χ2n) is 5.96. The molecule has 0 aliphatic carbocycles. The van der Waals surface area contributed by atoms with Crippen LogP contribution in [-0.4, -0.2) is 22.4 Å². The van der Waals surface area contributed by atoms with Crippen LogP contribution < -0.4 is 5.32 Å². The van der Waals surface area contributed by atoms with Crippen molar-refractivity contribution in [2.24, 2.45) is 0 Å². The minimum absolute atomic E-state index is 0.0866. The molecule has 1 N–H and O–H groups in total. The van der Waals surface area contributed by atoms with E-state index in [9.17, 15) is 4.79 Å². The maximum absolute atomic E-state index is 11.9. The minimum atomic E-state index is 0.0866. The molecule has 3 rings (SSSR count). The lowest BCUT2D eigenvalue weighted by atomic mass is 10.1. The first-order valence-electron chi connectivity index (χ1n) is 8.56. The highest BCUT2D eigenvalue weighted by molar-refractivity contribution is 7.13. The van der Waals surface area contributed by atoms with Crippen LogP contribution >= 0.6 is 22.9 Å². The number of aryl methyl sites for hydroxylation is 1. The molecule has 0 radical (unpaired) electrons. The smallest absolute Gasteiger partial charge is 0.220 e. The van der Waals surface area contributed by atoms with Crippen molar-refractivity contribution in [3.05, 3.63) is 70.5 Å². The van der Waals surface area contributed by atoms with Crippen molar-refractivity contribution in [3.63, 3.8) is 0 Å². The van der Waals surface area contributed by atoms with Crippen molar-refractivity contribution in [1.82, 2.24) is 15.3 Å². The molecule has 3 aromatic rings.